The number of hydrogen-bond donors (Lipinski definition) is 2. The van der Waals surface area contributed by atoms with Gasteiger partial charge in [-0.1, -0.05) is 38.3 Å². The van der Waals surface area contributed by atoms with Gasteiger partial charge in [0.1, 0.15) is 5.54 Å². The fourth-order valence-corrected chi connectivity index (χ4v) is 4.05. The summed E-state index contributed by atoms with van der Waals surface area (Å²) in [5.41, 5.74) is -0.440. The molecule has 7 nitrogen and oxygen atoms in total. The van der Waals surface area contributed by atoms with Crippen LogP contribution in [0.4, 0.5) is 0 Å². The van der Waals surface area contributed by atoms with E-state index in [1.807, 2.05) is 0 Å². The predicted octanol–water partition coefficient (Wildman–Crippen LogP) is 2.32. The van der Waals surface area contributed by atoms with Crippen molar-refractivity contribution in [3.05, 3.63) is 5.82 Å². The van der Waals surface area contributed by atoms with Crippen LogP contribution >= 0.6 is 0 Å². The highest BCUT2D eigenvalue weighted by Gasteiger charge is 2.39. The lowest BCUT2D eigenvalue weighted by Crippen LogP contribution is -2.48. The van der Waals surface area contributed by atoms with Crippen LogP contribution in [0.3, 0.4) is 0 Å². The van der Waals surface area contributed by atoms with Crippen molar-refractivity contribution in [2.75, 3.05) is 6.61 Å². The van der Waals surface area contributed by atoms with Gasteiger partial charge in [-0.25, -0.2) is 0 Å². The minimum atomic E-state index is -0.440. The first-order valence-corrected chi connectivity index (χ1v) is 9.25. The van der Waals surface area contributed by atoms with Crippen LogP contribution < -0.4 is 5.32 Å². The minimum Gasteiger partial charge on any atom is -0.378 e. The summed E-state index contributed by atoms with van der Waals surface area (Å²) < 4.78 is 5.82. The van der Waals surface area contributed by atoms with Gasteiger partial charge < -0.3 is 10.1 Å². The molecule has 1 aromatic heterocycles. The van der Waals surface area contributed by atoms with E-state index in [0.29, 0.717) is 24.1 Å². The summed E-state index contributed by atoms with van der Waals surface area (Å²) in [6.07, 6.45) is 7.92. The number of hydrogen-bond acceptors (Lipinski definition) is 5. The molecule has 2 fully saturated rings. The van der Waals surface area contributed by atoms with Gasteiger partial charge >= 0.3 is 0 Å². The van der Waals surface area contributed by atoms with E-state index >= 15 is 0 Å². The molecule has 2 unspecified atom stereocenters. The number of tetrazole rings is 1. The van der Waals surface area contributed by atoms with E-state index < -0.39 is 5.54 Å². The highest BCUT2D eigenvalue weighted by Crippen LogP contribution is 2.35. The highest BCUT2D eigenvalue weighted by molar-refractivity contribution is 5.77. The molecule has 1 saturated heterocycles. The third-order valence-electron chi connectivity index (χ3n) is 5.50. The normalized spacial score (nSPS) is 27.1. The summed E-state index contributed by atoms with van der Waals surface area (Å²) >= 11 is 0. The molecule has 1 amide bonds. The van der Waals surface area contributed by atoms with Gasteiger partial charge in [0.05, 0.1) is 6.10 Å². The molecular weight excluding hydrogens is 306 g/mol. The lowest BCUT2D eigenvalue weighted by Gasteiger charge is -2.36. The molecule has 2 heterocycles. The summed E-state index contributed by atoms with van der Waals surface area (Å²) in [5.74, 6) is 1.63. The zero-order chi connectivity index (χ0) is 17.0. The smallest absolute Gasteiger partial charge is 0.221 e. The van der Waals surface area contributed by atoms with Gasteiger partial charge in [-0.2, -0.15) is 5.21 Å². The fraction of sp³-hybridized carbons (Fsp3) is 0.882. The summed E-state index contributed by atoms with van der Waals surface area (Å²) in [6.45, 7) is 5.12. The van der Waals surface area contributed by atoms with Gasteiger partial charge in [-0.05, 0) is 37.5 Å². The van der Waals surface area contributed by atoms with Crippen LogP contribution in [0.5, 0.6) is 0 Å². The Balaban J connectivity index is 1.62. The number of aromatic nitrogens is 4. The van der Waals surface area contributed by atoms with Crippen LogP contribution in [0.1, 0.15) is 71.0 Å². The van der Waals surface area contributed by atoms with Gasteiger partial charge in [0.25, 0.3) is 0 Å². The van der Waals surface area contributed by atoms with Crippen molar-refractivity contribution in [3.63, 3.8) is 0 Å². The number of carbonyl (C=O) groups is 1. The van der Waals surface area contributed by atoms with E-state index in [2.05, 4.69) is 39.8 Å². The molecule has 3 rings (SSSR count). The molecule has 1 aliphatic carbocycles. The number of nitrogens with one attached hydrogen (secondary N) is 2. The number of aromatic amines is 1. The Kier molecular flexibility index (Phi) is 5.48. The number of nitrogens with zero attached hydrogens (tertiary/aromatic N) is 3. The van der Waals surface area contributed by atoms with E-state index in [-0.39, 0.29) is 12.0 Å². The molecule has 0 spiro atoms. The molecule has 7 heteroatoms. The maximum Gasteiger partial charge on any atom is 0.221 e. The van der Waals surface area contributed by atoms with Gasteiger partial charge in [0.2, 0.25) is 5.91 Å². The quantitative estimate of drug-likeness (QED) is 0.861. The Hall–Kier alpha value is -1.50. The maximum atomic E-state index is 12.7. The van der Waals surface area contributed by atoms with Crippen molar-refractivity contribution in [2.24, 2.45) is 11.8 Å². The molecule has 2 N–H and O–H groups in total. The largest absolute Gasteiger partial charge is 0.378 e. The second-order valence-electron chi connectivity index (χ2n) is 7.67. The van der Waals surface area contributed by atoms with Gasteiger partial charge in [-0.15, -0.1) is 10.2 Å². The van der Waals surface area contributed by atoms with Crippen LogP contribution in [-0.4, -0.2) is 39.2 Å². The first kappa shape index (κ1) is 17.3. The van der Waals surface area contributed by atoms with E-state index in [1.54, 1.807) is 0 Å². The average Bonchev–Trinajstić information content (AvgIpc) is 3.11. The molecule has 24 heavy (non-hydrogen) atoms. The van der Waals surface area contributed by atoms with Crippen molar-refractivity contribution in [1.29, 1.82) is 0 Å². The predicted molar refractivity (Wildman–Crippen MR) is 89.0 cm³/mol. The molecule has 134 valence electrons. The standard InChI is InChI=1S/C17H29N5O2/c1-12(2)14-10-13(6-9-24-14)11-15(23)18-17(7-4-3-5-8-17)16-19-21-22-20-16/h12-14H,3-11H2,1-2H3,(H,18,23)(H,19,20,21,22). The van der Waals surface area contributed by atoms with E-state index in [0.717, 1.165) is 45.1 Å². The monoisotopic (exact) mass is 335 g/mol. The molecule has 0 radical (unpaired) electrons. The van der Waals surface area contributed by atoms with E-state index in [4.69, 9.17) is 4.74 Å². The Labute approximate surface area is 143 Å². The highest BCUT2D eigenvalue weighted by atomic mass is 16.5. The Morgan fingerprint density at radius 1 is 1.38 bits per heavy atom. The fourth-order valence-electron chi connectivity index (χ4n) is 4.05. The van der Waals surface area contributed by atoms with Gasteiger partial charge in [-0.3, -0.25) is 4.79 Å². The zero-order valence-corrected chi connectivity index (χ0v) is 14.8. The van der Waals surface area contributed by atoms with Crippen LogP contribution in [0.25, 0.3) is 0 Å². The van der Waals surface area contributed by atoms with Crippen molar-refractivity contribution in [2.45, 2.75) is 76.9 Å². The molecular formula is C17H29N5O2. The third-order valence-corrected chi connectivity index (χ3v) is 5.50. The van der Waals surface area contributed by atoms with Gasteiger partial charge in [0, 0.05) is 13.0 Å². The Morgan fingerprint density at radius 2 is 2.17 bits per heavy atom. The second kappa shape index (κ2) is 7.59. The molecule has 0 bridgehead atoms. The molecule has 1 saturated carbocycles. The molecule has 2 atom stereocenters. The average molecular weight is 335 g/mol. The summed E-state index contributed by atoms with van der Waals surface area (Å²) in [6, 6.07) is 0. The zero-order valence-electron chi connectivity index (χ0n) is 14.8. The summed E-state index contributed by atoms with van der Waals surface area (Å²) in [7, 11) is 0. The van der Waals surface area contributed by atoms with Crippen LogP contribution in [-0.2, 0) is 15.1 Å². The molecule has 1 aliphatic heterocycles. The number of amides is 1. The van der Waals surface area contributed by atoms with Crippen LogP contribution in [0.2, 0.25) is 0 Å². The SMILES string of the molecule is CC(C)C1CC(CC(=O)NC2(c3nn[nH]n3)CCCCC2)CCO1. The Bertz CT molecular complexity index is 525. The number of H-pyrrole nitrogens is 1. The third kappa shape index (κ3) is 3.94. The van der Waals surface area contributed by atoms with Crippen molar-refractivity contribution in [1.82, 2.24) is 25.9 Å². The summed E-state index contributed by atoms with van der Waals surface area (Å²) in [4.78, 5) is 12.7. The lowest BCUT2D eigenvalue weighted by molar-refractivity contribution is -0.126. The number of rotatable bonds is 5. The van der Waals surface area contributed by atoms with Crippen molar-refractivity contribution >= 4 is 5.91 Å². The Morgan fingerprint density at radius 3 is 2.83 bits per heavy atom. The van der Waals surface area contributed by atoms with Crippen LogP contribution in [0.15, 0.2) is 0 Å². The van der Waals surface area contributed by atoms with E-state index in [1.165, 1.54) is 6.42 Å². The first-order chi connectivity index (χ1) is 11.6. The maximum absolute atomic E-state index is 12.7. The van der Waals surface area contributed by atoms with Crippen LogP contribution in [0, 0.1) is 11.8 Å². The van der Waals surface area contributed by atoms with E-state index in [9.17, 15) is 4.79 Å². The second-order valence-corrected chi connectivity index (χ2v) is 7.67. The van der Waals surface area contributed by atoms with Crippen molar-refractivity contribution < 1.29 is 9.53 Å². The molecule has 2 aliphatic rings. The number of ether oxygens (including phenoxy) is 1. The molecule has 0 aromatic carbocycles. The topological polar surface area (TPSA) is 92.8 Å². The van der Waals surface area contributed by atoms with Gasteiger partial charge in [0.15, 0.2) is 5.82 Å². The minimum absolute atomic E-state index is 0.108. The van der Waals surface area contributed by atoms with Crippen molar-refractivity contribution in [3.8, 4) is 0 Å². The number of carbonyl (C=O) groups excluding carboxylic acids is 1. The summed E-state index contributed by atoms with van der Waals surface area (Å²) in [5, 5.41) is 17.8. The lowest BCUT2D eigenvalue weighted by atomic mass is 9.80. The first-order valence-electron chi connectivity index (χ1n) is 9.25. The molecule has 1 aromatic rings.